The summed E-state index contributed by atoms with van der Waals surface area (Å²) >= 11 is 0. The summed E-state index contributed by atoms with van der Waals surface area (Å²) in [6, 6.07) is 0. The minimum absolute atomic E-state index is 0.111. The maximum Gasteiger partial charge on any atom is 0.305 e. The molecule has 0 radical (unpaired) electrons. The number of likely N-dealkylation sites (N-methyl/N-ethyl adjacent to an activating group) is 1. The van der Waals surface area contributed by atoms with Crippen LogP contribution in [-0.2, 0) is 9.53 Å². The molecule has 0 spiro atoms. The van der Waals surface area contributed by atoms with Gasteiger partial charge in [0.1, 0.15) is 12.7 Å². The molecule has 0 heterocycles. The molecule has 0 aromatic heterocycles. The Morgan fingerprint density at radius 3 is 1.79 bits per heavy atom. The average molecular weight is 474 g/mol. The Bertz CT molecular complexity index is 413. The summed E-state index contributed by atoms with van der Waals surface area (Å²) in [7, 11) is 0. The third-order valence-corrected chi connectivity index (χ3v) is 5.60. The first kappa shape index (κ1) is 34.2. The van der Waals surface area contributed by atoms with Gasteiger partial charge in [-0.1, -0.05) is 84.3 Å². The van der Waals surface area contributed by atoms with E-state index in [0.717, 1.165) is 45.3 Å². The second-order valence-electron chi connectivity index (χ2n) is 8.60. The fourth-order valence-electron chi connectivity index (χ4n) is 3.34. The predicted octanol–water partition coefficient (Wildman–Crippen LogP) is 5.24. The number of unbranched alkanes of at least 4 members (excludes halogenated alkanes) is 11. The van der Waals surface area contributed by atoms with Crippen molar-refractivity contribution in [2.24, 2.45) is 0 Å². The smallest absolute Gasteiger partial charge is 0.305 e. The minimum Gasteiger partial charge on any atom is -0.463 e. The first-order valence-corrected chi connectivity index (χ1v) is 13.5. The standard InChI is InChI=1S/C21H40O4.C6H15NO/c1-2-3-4-5-6-7-8-9-10-11-12-13-14-15-16-17-21(24)25-19-20(23)18-22;1-3-7(4-2)5-6-8/h9-10,20,22-23H,2-8,11-19H2,1H3;8H,3-6H2,1-2H3/b10-9-;. The summed E-state index contributed by atoms with van der Waals surface area (Å²) in [6.45, 7) is 9.13. The van der Waals surface area contributed by atoms with Gasteiger partial charge in [0.2, 0.25) is 0 Å². The highest BCUT2D eigenvalue weighted by atomic mass is 16.5. The highest BCUT2D eigenvalue weighted by molar-refractivity contribution is 5.69. The van der Waals surface area contributed by atoms with Crippen LogP contribution in [-0.4, -0.2) is 71.7 Å². The van der Waals surface area contributed by atoms with Crippen LogP contribution < -0.4 is 0 Å². The molecule has 6 heteroatoms. The van der Waals surface area contributed by atoms with Crippen LogP contribution in [0.5, 0.6) is 0 Å². The Balaban J connectivity index is 0. The molecule has 0 saturated heterocycles. The zero-order chi connectivity index (χ0) is 25.0. The fraction of sp³-hybridized carbons (Fsp3) is 0.889. The van der Waals surface area contributed by atoms with Crippen molar-refractivity contribution in [2.75, 3.05) is 39.5 Å². The summed E-state index contributed by atoms with van der Waals surface area (Å²) < 4.78 is 4.86. The van der Waals surface area contributed by atoms with Gasteiger partial charge in [-0.3, -0.25) is 4.79 Å². The summed E-state index contributed by atoms with van der Waals surface area (Å²) in [4.78, 5) is 13.6. The number of rotatable bonds is 22. The summed E-state index contributed by atoms with van der Waals surface area (Å²) in [5.41, 5.74) is 0. The first-order valence-electron chi connectivity index (χ1n) is 13.5. The van der Waals surface area contributed by atoms with Crippen molar-refractivity contribution in [2.45, 2.75) is 117 Å². The Hall–Kier alpha value is -0.950. The number of carbonyl (C=O) groups excluding carboxylic acids is 1. The Morgan fingerprint density at radius 1 is 0.818 bits per heavy atom. The lowest BCUT2D eigenvalue weighted by Gasteiger charge is -2.15. The zero-order valence-corrected chi connectivity index (χ0v) is 22.0. The van der Waals surface area contributed by atoms with E-state index >= 15 is 0 Å². The van der Waals surface area contributed by atoms with Gasteiger partial charge in [0, 0.05) is 13.0 Å². The molecule has 6 nitrogen and oxygen atoms in total. The second kappa shape index (κ2) is 29.1. The quantitative estimate of drug-likeness (QED) is 0.113. The highest BCUT2D eigenvalue weighted by Gasteiger charge is 2.07. The molecule has 0 aromatic rings. The Kier molecular flexibility index (Phi) is 30.2. The number of hydrogen-bond acceptors (Lipinski definition) is 6. The van der Waals surface area contributed by atoms with Crippen LogP contribution in [0.15, 0.2) is 12.2 Å². The van der Waals surface area contributed by atoms with Crippen molar-refractivity contribution >= 4 is 5.97 Å². The van der Waals surface area contributed by atoms with Gasteiger partial charge in [0.15, 0.2) is 0 Å². The van der Waals surface area contributed by atoms with Gasteiger partial charge < -0.3 is 25.0 Å². The van der Waals surface area contributed by atoms with E-state index in [1.54, 1.807) is 0 Å². The van der Waals surface area contributed by atoms with Gasteiger partial charge in [-0.2, -0.15) is 0 Å². The van der Waals surface area contributed by atoms with E-state index in [0.29, 0.717) is 6.42 Å². The molecule has 0 amide bonds. The highest BCUT2D eigenvalue weighted by Crippen LogP contribution is 2.10. The van der Waals surface area contributed by atoms with Crippen LogP contribution >= 0.6 is 0 Å². The lowest BCUT2D eigenvalue weighted by molar-refractivity contribution is -0.147. The van der Waals surface area contributed by atoms with Crippen LogP contribution in [0.3, 0.4) is 0 Å². The molecule has 0 aliphatic heterocycles. The van der Waals surface area contributed by atoms with Crippen LogP contribution in [0, 0.1) is 0 Å². The van der Waals surface area contributed by atoms with Crippen molar-refractivity contribution in [3.63, 3.8) is 0 Å². The molecule has 0 saturated carbocycles. The second-order valence-corrected chi connectivity index (χ2v) is 8.60. The Labute approximate surface area is 204 Å². The average Bonchev–Trinajstić information content (AvgIpc) is 2.83. The van der Waals surface area contributed by atoms with E-state index in [9.17, 15) is 4.79 Å². The summed E-state index contributed by atoms with van der Waals surface area (Å²) in [6.07, 6.45) is 20.1. The van der Waals surface area contributed by atoms with Gasteiger partial charge >= 0.3 is 5.97 Å². The maximum atomic E-state index is 11.4. The molecular weight excluding hydrogens is 418 g/mol. The molecule has 198 valence electrons. The van der Waals surface area contributed by atoms with E-state index in [4.69, 9.17) is 20.1 Å². The molecule has 0 aromatic carbocycles. The monoisotopic (exact) mass is 473 g/mol. The van der Waals surface area contributed by atoms with Crippen molar-refractivity contribution in [1.82, 2.24) is 4.90 Å². The van der Waals surface area contributed by atoms with Gasteiger partial charge in [0.05, 0.1) is 13.2 Å². The lowest BCUT2D eigenvalue weighted by Crippen LogP contribution is -2.25. The lowest BCUT2D eigenvalue weighted by atomic mass is 10.1. The number of hydrogen-bond donors (Lipinski definition) is 3. The number of aliphatic hydroxyl groups is 3. The summed E-state index contributed by atoms with van der Waals surface area (Å²) in [5.74, 6) is -0.287. The molecule has 0 aliphatic rings. The first-order chi connectivity index (χ1) is 16.0. The van der Waals surface area contributed by atoms with E-state index in [1.165, 1.54) is 57.8 Å². The van der Waals surface area contributed by atoms with E-state index in [2.05, 4.69) is 37.8 Å². The van der Waals surface area contributed by atoms with Gasteiger partial charge in [0.25, 0.3) is 0 Å². The van der Waals surface area contributed by atoms with Gasteiger partial charge in [-0.25, -0.2) is 0 Å². The van der Waals surface area contributed by atoms with Crippen LogP contribution in [0.1, 0.15) is 111 Å². The van der Waals surface area contributed by atoms with Crippen LogP contribution in [0.25, 0.3) is 0 Å². The normalized spacial score (nSPS) is 12.1. The third kappa shape index (κ3) is 29.0. The Morgan fingerprint density at radius 2 is 1.33 bits per heavy atom. The fourth-order valence-corrected chi connectivity index (χ4v) is 3.34. The number of esters is 1. The number of nitrogens with zero attached hydrogens (tertiary/aromatic N) is 1. The van der Waals surface area contributed by atoms with Crippen molar-refractivity contribution < 1.29 is 24.9 Å². The molecule has 0 rings (SSSR count). The molecule has 1 unspecified atom stereocenters. The molecule has 0 fully saturated rings. The molecule has 3 N–H and O–H groups in total. The molecule has 0 aliphatic carbocycles. The number of aliphatic hydroxyl groups excluding tert-OH is 3. The minimum atomic E-state index is -0.960. The van der Waals surface area contributed by atoms with E-state index in [1.807, 2.05) is 0 Å². The van der Waals surface area contributed by atoms with Crippen molar-refractivity contribution in [3.8, 4) is 0 Å². The molecule has 0 bridgehead atoms. The van der Waals surface area contributed by atoms with E-state index in [-0.39, 0.29) is 25.8 Å². The van der Waals surface area contributed by atoms with Gasteiger partial charge in [-0.15, -0.1) is 0 Å². The van der Waals surface area contributed by atoms with Crippen molar-refractivity contribution in [3.05, 3.63) is 12.2 Å². The number of allylic oxidation sites excluding steroid dienone is 2. The molecular formula is C27H55NO5. The zero-order valence-electron chi connectivity index (χ0n) is 22.0. The maximum absolute atomic E-state index is 11.4. The predicted molar refractivity (Wildman–Crippen MR) is 138 cm³/mol. The number of carbonyl (C=O) groups is 1. The molecule has 1 atom stereocenters. The van der Waals surface area contributed by atoms with Crippen molar-refractivity contribution in [1.29, 1.82) is 0 Å². The summed E-state index contributed by atoms with van der Waals surface area (Å²) in [5, 5.41) is 26.2. The topological polar surface area (TPSA) is 90.2 Å². The van der Waals surface area contributed by atoms with E-state index < -0.39 is 6.10 Å². The van der Waals surface area contributed by atoms with Gasteiger partial charge in [-0.05, 0) is 45.2 Å². The largest absolute Gasteiger partial charge is 0.463 e. The van der Waals surface area contributed by atoms with Crippen LogP contribution in [0.2, 0.25) is 0 Å². The van der Waals surface area contributed by atoms with Crippen LogP contribution in [0.4, 0.5) is 0 Å². The molecule has 33 heavy (non-hydrogen) atoms. The number of ether oxygens (including phenoxy) is 1. The third-order valence-electron chi connectivity index (χ3n) is 5.60. The SMILES string of the molecule is CCCCCCCC/C=C\CCCCCCCC(=O)OCC(O)CO.CCN(CC)CCO.